The molecule has 0 unspecified atom stereocenters. The molecular formula is C14H16BClF3NO3. The fraction of sp³-hybridized carbons (Fsp3) is 0.286. The Morgan fingerprint density at radius 3 is 2.43 bits per heavy atom. The van der Waals surface area contributed by atoms with E-state index in [4.69, 9.17) is 16.7 Å². The second kappa shape index (κ2) is 7.08. The largest absolute Gasteiger partial charge is 0.477 e. The van der Waals surface area contributed by atoms with Crippen LogP contribution in [0.3, 0.4) is 0 Å². The fourth-order valence-electron chi connectivity index (χ4n) is 2.37. The molecule has 1 saturated carbocycles. The number of fused-ring (bicyclic) bond motifs is 1. The van der Waals surface area contributed by atoms with Crippen LogP contribution in [0.2, 0.25) is 5.02 Å². The van der Waals surface area contributed by atoms with Crippen molar-refractivity contribution in [3.05, 3.63) is 44.5 Å². The number of halogens is 4. The van der Waals surface area contributed by atoms with Gasteiger partial charge >= 0.3 is 5.97 Å². The highest BCUT2D eigenvalue weighted by molar-refractivity contribution is 6.35. The number of aryl methyl sites for hydroxylation is 1. The highest BCUT2D eigenvalue weighted by Gasteiger charge is 2.28. The van der Waals surface area contributed by atoms with E-state index in [0.717, 1.165) is 12.8 Å². The molecule has 0 aliphatic heterocycles. The highest BCUT2D eigenvalue weighted by Crippen LogP contribution is 2.39. The van der Waals surface area contributed by atoms with Gasteiger partial charge in [0.2, 0.25) is 5.43 Å². The van der Waals surface area contributed by atoms with Crippen LogP contribution in [0.4, 0.5) is 13.8 Å². The Kier molecular flexibility index (Phi) is 6.48. The van der Waals surface area contributed by atoms with Crippen molar-refractivity contribution in [1.29, 1.82) is 0 Å². The van der Waals surface area contributed by atoms with E-state index in [1.807, 2.05) is 0 Å². The van der Waals surface area contributed by atoms with Gasteiger partial charge in [-0.2, -0.15) is 0 Å². The quantitative estimate of drug-likeness (QED) is 0.846. The Morgan fingerprint density at radius 1 is 1.39 bits per heavy atom. The Balaban J connectivity index is 0.00000161. The molecule has 0 bridgehead atoms. The maximum atomic E-state index is 14.0. The molecule has 1 aliphatic carbocycles. The van der Waals surface area contributed by atoms with Crippen molar-refractivity contribution in [3.8, 4) is 0 Å². The van der Waals surface area contributed by atoms with E-state index < -0.39 is 17.2 Å². The van der Waals surface area contributed by atoms with E-state index in [0.29, 0.717) is 0 Å². The van der Waals surface area contributed by atoms with Gasteiger partial charge in [-0.1, -0.05) is 11.6 Å². The minimum absolute atomic E-state index is 0. The van der Waals surface area contributed by atoms with Crippen molar-refractivity contribution in [3.63, 3.8) is 0 Å². The number of aromatic carboxylic acids is 1. The topological polar surface area (TPSA) is 59.3 Å². The first-order valence-electron chi connectivity index (χ1n) is 6.18. The van der Waals surface area contributed by atoms with Crippen LogP contribution in [0, 0.1) is 12.7 Å². The normalized spacial score (nSPS) is 12.8. The third-order valence-electron chi connectivity index (χ3n) is 3.55. The van der Waals surface area contributed by atoms with Crippen molar-refractivity contribution < 1.29 is 23.7 Å². The van der Waals surface area contributed by atoms with Gasteiger partial charge < -0.3 is 9.67 Å². The first-order valence-corrected chi connectivity index (χ1v) is 6.56. The zero-order valence-electron chi connectivity index (χ0n) is 11.4. The number of pyridine rings is 1. The molecule has 0 amide bonds. The van der Waals surface area contributed by atoms with Crippen molar-refractivity contribution in [2.24, 2.45) is 0 Å². The molecule has 1 aromatic heterocycles. The predicted molar refractivity (Wildman–Crippen MR) is 88.1 cm³/mol. The fourth-order valence-corrected chi connectivity index (χ4v) is 2.72. The summed E-state index contributed by atoms with van der Waals surface area (Å²) in [5, 5.41) is 9.15. The smallest absolute Gasteiger partial charge is 0.341 e. The number of carboxylic acids is 1. The van der Waals surface area contributed by atoms with Crippen LogP contribution in [0.1, 0.15) is 34.8 Å². The SMILES string of the molecule is B.Cc1cc2c(=O)c(C(=O)O)cn(C3CC3)c2c(Cl)c1F.F.F. The minimum Gasteiger partial charge on any atom is -0.477 e. The van der Waals surface area contributed by atoms with Gasteiger partial charge in [0.05, 0.1) is 13.9 Å². The van der Waals surface area contributed by atoms with Crippen molar-refractivity contribution in [1.82, 2.24) is 4.57 Å². The lowest BCUT2D eigenvalue weighted by molar-refractivity contribution is 0.0695. The molecule has 126 valence electrons. The first-order chi connectivity index (χ1) is 9.41. The molecule has 1 N–H and O–H groups in total. The van der Waals surface area contributed by atoms with E-state index in [1.54, 1.807) is 4.57 Å². The predicted octanol–water partition coefficient (Wildman–Crippen LogP) is 2.26. The third-order valence-corrected chi connectivity index (χ3v) is 3.89. The van der Waals surface area contributed by atoms with Gasteiger partial charge in [0.15, 0.2) is 0 Å². The molecule has 0 spiro atoms. The van der Waals surface area contributed by atoms with Crippen molar-refractivity contribution in [2.75, 3.05) is 0 Å². The summed E-state index contributed by atoms with van der Waals surface area (Å²) in [6.07, 6.45) is 3.00. The van der Waals surface area contributed by atoms with Gasteiger partial charge in [-0.15, -0.1) is 0 Å². The van der Waals surface area contributed by atoms with E-state index in [9.17, 15) is 14.0 Å². The number of benzene rings is 1. The van der Waals surface area contributed by atoms with Crippen LogP contribution in [0.15, 0.2) is 17.1 Å². The second-order valence-electron chi connectivity index (χ2n) is 5.03. The van der Waals surface area contributed by atoms with Crippen molar-refractivity contribution in [2.45, 2.75) is 25.8 Å². The molecule has 2 aromatic rings. The summed E-state index contributed by atoms with van der Waals surface area (Å²) in [7, 11) is 0. The summed E-state index contributed by atoms with van der Waals surface area (Å²) in [5.41, 5.74) is -0.433. The number of nitrogens with zero attached hydrogens (tertiary/aromatic N) is 1. The molecule has 4 nitrogen and oxygen atoms in total. The average Bonchev–Trinajstić information content (AvgIpc) is 3.21. The lowest BCUT2D eigenvalue weighted by Gasteiger charge is -2.14. The minimum atomic E-state index is -1.29. The molecule has 1 aliphatic rings. The van der Waals surface area contributed by atoms with Gasteiger partial charge in [-0.05, 0) is 31.4 Å². The van der Waals surface area contributed by atoms with Crippen LogP contribution in [0.5, 0.6) is 0 Å². The number of carbonyl (C=O) groups is 1. The summed E-state index contributed by atoms with van der Waals surface area (Å²) in [6.45, 7) is 1.50. The molecule has 1 aromatic carbocycles. The number of hydrogen-bond donors (Lipinski definition) is 1. The van der Waals surface area contributed by atoms with E-state index in [-0.39, 0.29) is 50.9 Å². The Morgan fingerprint density at radius 2 is 1.96 bits per heavy atom. The lowest BCUT2D eigenvalue weighted by Crippen LogP contribution is -2.19. The van der Waals surface area contributed by atoms with Crippen LogP contribution in [-0.4, -0.2) is 24.1 Å². The zero-order chi connectivity index (χ0) is 14.6. The molecule has 23 heavy (non-hydrogen) atoms. The first kappa shape index (κ1) is 21.0. The zero-order valence-corrected chi connectivity index (χ0v) is 12.2. The van der Waals surface area contributed by atoms with E-state index >= 15 is 0 Å². The molecular weight excluding hydrogens is 333 g/mol. The number of rotatable bonds is 2. The van der Waals surface area contributed by atoms with Crippen LogP contribution < -0.4 is 5.43 Å². The summed E-state index contributed by atoms with van der Waals surface area (Å²) >= 11 is 6.03. The molecule has 1 heterocycles. The number of aromatic nitrogens is 1. The molecule has 1 fully saturated rings. The summed E-state index contributed by atoms with van der Waals surface area (Å²) < 4.78 is 15.6. The van der Waals surface area contributed by atoms with Gasteiger partial charge in [-0.25, -0.2) is 9.18 Å². The number of carboxylic acid groups (broad SMARTS) is 1. The lowest BCUT2D eigenvalue weighted by atomic mass is 10.1. The highest BCUT2D eigenvalue weighted by atomic mass is 35.5. The van der Waals surface area contributed by atoms with Crippen LogP contribution in [-0.2, 0) is 0 Å². The van der Waals surface area contributed by atoms with Gasteiger partial charge in [-0.3, -0.25) is 14.2 Å². The third kappa shape index (κ3) is 3.22. The molecule has 0 radical (unpaired) electrons. The van der Waals surface area contributed by atoms with Crippen LogP contribution >= 0.6 is 11.6 Å². The maximum absolute atomic E-state index is 14.0. The summed E-state index contributed by atoms with van der Waals surface area (Å²) in [6, 6.07) is 1.44. The summed E-state index contributed by atoms with van der Waals surface area (Å²) in [5.74, 6) is -1.86. The van der Waals surface area contributed by atoms with Gasteiger partial charge in [0.1, 0.15) is 16.4 Å². The standard InChI is InChI=1S/C14H11ClFNO3.BH3.2FH/c1-6-4-8-12(10(15)11(6)16)17(7-2-3-7)5-9(13(8)18)14(19)20;;;/h4-5,7H,2-3H2,1H3,(H,19,20);1H3;2*1H. The Hall–Kier alpha value is -1.96. The van der Waals surface area contributed by atoms with Crippen molar-refractivity contribution >= 4 is 36.9 Å². The van der Waals surface area contributed by atoms with Gasteiger partial charge in [0.25, 0.3) is 0 Å². The second-order valence-corrected chi connectivity index (χ2v) is 5.41. The maximum Gasteiger partial charge on any atom is 0.341 e. The molecule has 9 heteroatoms. The molecule has 3 rings (SSSR count). The molecule has 0 saturated heterocycles. The summed E-state index contributed by atoms with van der Waals surface area (Å²) in [4.78, 5) is 23.4. The molecule has 0 atom stereocenters. The van der Waals surface area contributed by atoms with E-state index in [2.05, 4.69) is 0 Å². The Labute approximate surface area is 136 Å². The number of hydrogen-bond acceptors (Lipinski definition) is 2. The van der Waals surface area contributed by atoms with E-state index in [1.165, 1.54) is 19.2 Å². The van der Waals surface area contributed by atoms with Gasteiger partial charge in [0, 0.05) is 17.6 Å². The van der Waals surface area contributed by atoms with Crippen LogP contribution in [0.25, 0.3) is 10.9 Å². The Bertz CT molecular complexity index is 821. The average molecular weight is 350 g/mol. The monoisotopic (exact) mass is 349 g/mol.